The Hall–Kier alpha value is -4.93. The van der Waals surface area contributed by atoms with Gasteiger partial charge in [-0.15, -0.1) is 6.42 Å². The number of benzene rings is 3. The van der Waals surface area contributed by atoms with Crippen molar-refractivity contribution in [3.8, 4) is 18.1 Å². The summed E-state index contributed by atoms with van der Waals surface area (Å²) in [5, 5.41) is 5.18. The second kappa shape index (κ2) is 12.5. The molecular weight excluding hydrogens is 641 g/mol. The van der Waals surface area contributed by atoms with Gasteiger partial charge in [-0.25, -0.2) is 9.88 Å². The molecule has 3 fully saturated rings. The highest BCUT2D eigenvalue weighted by molar-refractivity contribution is 7.22. The van der Waals surface area contributed by atoms with Crippen molar-refractivity contribution in [2.45, 2.75) is 43.7 Å². The number of hydrogen-bond acceptors (Lipinski definition) is 10. The van der Waals surface area contributed by atoms with Crippen LogP contribution in [0.4, 0.5) is 5.13 Å². The summed E-state index contributed by atoms with van der Waals surface area (Å²) in [6, 6.07) is 21.1. The second-order valence-electron chi connectivity index (χ2n) is 12.8. The van der Waals surface area contributed by atoms with Crippen LogP contribution in [-0.2, 0) is 33.7 Å². The zero-order valence-electron chi connectivity index (χ0n) is 27.1. The number of terminal acetylenes is 1. The molecule has 11 nitrogen and oxygen atoms in total. The number of amides is 2. The molecule has 49 heavy (non-hydrogen) atoms. The third kappa shape index (κ3) is 5.78. The highest BCUT2D eigenvalue weighted by Gasteiger charge is 2.66. The first-order chi connectivity index (χ1) is 23.9. The number of carbonyl (C=O) groups excluding carboxylic acids is 2. The molecule has 5 aromatic rings. The number of nitrogens with zero attached hydrogens (tertiary/aromatic N) is 5. The highest BCUT2D eigenvalue weighted by atomic mass is 32.1. The number of carbonyl (C=O) groups is 2. The molecule has 1 spiro atoms. The quantitative estimate of drug-likeness (QED) is 0.171. The smallest absolute Gasteiger partial charge is 0.240 e. The summed E-state index contributed by atoms with van der Waals surface area (Å²) in [4.78, 5) is 37.3. The number of aryl methyl sites for hydroxylation is 1. The maximum Gasteiger partial charge on any atom is 0.240 e. The number of methoxy groups -OCH3 is 1. The van der Waals surface area contributed by atoms with Gasteiger partial charge in [-0.05, 0) is 65.9 Å². The summed E-state index contributed by atoms with van der Waals surface area (Å²) in [5.41, 5.74) is 9.94. The largest absolute Gasteiger partial charge is 0.497 e. The average molecular weight is 677 g/mol. The van der Waals surface area contributed by atoms with Crippen molar-refractivity contribution in [1.29, 1.82) is 0 Å². The van der Waals surface area contributed by atoms with Crippen LogP contribution in [0.2, 0.25) is 0 Å². The molecule has 5 heterocycles. The first-order valence-electron chi connectivity index (χ1n) is 16.3. The van der Waals surface area contributed by atoms with Crippen LogP contribution >= 0.6 is 11.3 Å². The van der Waals surface area contributed by atoms with Crippen LogP contribution in [0.1, 0.15) is 23.1 Å². The van der Waals surface area contributed by atoms with E-state index in [0.29, 0.717) is 44.2 Å². The third-order valence-electron chi connectivity index (χ3n) is 9.79. The van der Waals surface area contributed by atoms with Crippen LogP contribution in [0, 0.1) is 12.3 Å². The number of epoxide rings is 1. The summed E-state index contributed by atoms with van der Waals surface area (Å²) in [6.45, 7) is 1.69. The van der Waals surface area contributed by atoms with Crippen LogP contribution < -0.4 is 10.5 Å². The van der Waals surface area contributed by atoms with Crippen LogP contribution in [0.3, 0.4) is 0 Å². The normalized spacial score (nSPS) is 22.1. The van der Waals surface area contributed by atoms with E-state index in [2.05, 4.69) is 21.9 Å². The number of nitrogens with two attached hydrogens (primary N) is 1. The van der Waals surface area contributed by atoms with E-state index in [1.54, 1.807) is 18.4 Å². The van der Waals surface area contributed by atoms with E-state index in [4.69, 9.17) is 26.0 Å². The van der Waals surface area contributed by atoms with E-state index in [1.165, 1.54) is 11.3 Å². The lowest BCUT2D eigenvalue weighted by Crippen LogP contribution is -2.66. The minimum Gasteiger partial charge on any atom is -0.497 e. The van der Waals surface area contributed by atoms with Crippen molar-refractivity contribution < 1.29 is 23.5 Å². The predicted molar refractivity (Wildman–Crippen MR) is 186 cm³/mol. The Morgan fingerprint density at radius 2 is 2.00 bits per heavy atom. The average Bonchev–Trinajstić information content (AvgIpc) is 3.39. The number of ether oxygens (including phenoxy) is 2. The summed E-state index contributed by atoms with van der Waals surface area (Å²) in [5.74, 6) is 3.39. The van der Waals surface area contributed by atoms with Crippen LogP contribution in [0.25, 0.3) is 21.2 Å². The number of thiazole rings is 1. The molecule has 3 aliphatic heterocycles. The number of furan rings is 1. The Balaban J connectivity index is 1.12. The summed E-state index contributed by atoms with van der Waals surface area (Å²) >= 11 is 1.43. The van der Waals surface area contributed by atoms with Gasteiger partial charge in [0.2, 0.25) is 11.8 Å². The molecule has 12 heteroatoms. The minimum atomic E-state index is -0.691. The summed E-state index contributed by atoms with van der Waals surface area (Å²) in [7, 11) is 1.63. The van der Waals surface area contributed by atoms with Crippen LogP contribution in [-0.4, -0.2) is 87.9 Å². The lowest BCUT2D eigenvalue weighted by Gasteiger charge is -2.47. The number of anilines is 1. The molecule has 2 aromatic heterocycles. The Labute approximate surface area is 287 Å². The topological polar surface area (TPSA) is 121 Å². The molecule has 3 aromatic carbocycles. The number of aromatic nitrogens is 1. The van der Waals surface area contributed by atoms with E-state index in [1.807, 2.05) is 70.6 Å². The molecule has 1 unspecified atom stereocenters. The number of hydrazine groups is 1. The van der Waals surface area contributed by atoms with E-state index >= 15 is 0 Å². The molecule has 3 aliphatic rings. The zero-order valence-corrected chi connectivity index (χ0v) is 27.9. The maximum absolute atomic E-state index is 14.6. The van der Waals surface area contributed by atoms with E-state index in [0.717, 1.165) is 43.6 Å². The number of piperazine rings is 1. The molecule has 250 valence electrons. The number of rotatable bonds is 10. The SMILES string of the molecule is C#CCN(C(=O)CCc1ccc(OC)cc1)N1CC2(CO2)N2[C@@H]1CN(Cc1cccc3sc(N)nc13)C(=O)[C@@H]2Cc1ccc2occc2c1. The standard InChI is InChI=1S/C37H36N6O5S/c1-3-16-41(33(44)14-10-24-7-11-28(46-2)12-8-24)42-22-37(23-48-37)43-29(19-25-9-13-30-26(18-25)15-17-47-30)35(45)40(21-32(42)43)20-27-5-4-6-31-34(27)39-36(38)49-31/h1,4-9,11-13,15,17-18,29,32H,10,14,16,19-23H2,2H3,(H2,38,39)/t29-,32+,37?/m0/s1. The van der Waals surface area contributed by atoms with Crippen molar-refractivity contribution >= 4 is 49.5 Å². The van der Waals surface area contributed by atoms with Crippen molar-refractivity contribution in [3.63, 3.8) is 0 Å². The second-order valence-corrected chi connectivity index (χ2v) is 13.8. The molecule has 0 radical (unpaired) electrons. The van der Waals surface area contributed by atoms with Gasteiger partial charge in [-0.2, -0.15) is 5.01 Å². The van der Waals surface area contributed by atoms with Gasteiger partial charge in [0, 0.05) is 18.4 Å². The van der Waals surface area contributed by atoms with Gasteiger partial charge in [0.15, 0.2) is 10.9 Å². The number of fused-ring (bicyclic) bond motifs is 4. The Bertz CT molecular complexity index is 2080. The van der Waals surface area contributed by atoms with Gasteiger partial charge in [-0.1, -0.05) is 47.6 Å². The molecule has 0 bridgehead atoms. The van der Waals surface area contributed by atoms with E-state index in [-0.39, 0.29) is 30.9 Å². The number of nitrogen functional groups attached to an aromatic ring is 1. The van der Waals surface area contributed by atoms with Gasteiger partial charge in [0.1, 0.15) is 17.5 Å². The fraction of sp³-hybridized carbons (Fsp3) is 0.324. The van der Waals surface area contributed by atoms with Gasteiger partial charge in [-0.3, -0.25) is 14.6 Å². The molecule has 0 saturated carbocycles. The predicted octanol–water partition coefficient (Wildman–Crippen LogP) is 4.27. The summed E-state index contributed by atoms with van der Waals surface area (Å²) < 4.78 is 18.0. The van der Waals surface area contributed by atoms with Gasteiger partial charge in [0.25, 0.3) is 0 Å². The monoisotopic (exact) mass is 676 g/mol. The van der Waals surface area contributed by atoms with Crippen LogP contribution in [0.15, 0.2) is 77.4 Å². The first-order valence-corrected chi connectivity index (χ1v) is 17.1. The van der Waals surface area contributed by atoms with Crippen LogP contribution in [0.5, 0.6) is 5.75 Å². The Morgan fingerprint density at radius 1 is 1.18 bits per heavy atom. The van der Waals surface area contributed by atoms with E-state index < -0.39 is 11.8 Å². The molecule has 8 rings (SSSR count). The van der Waals surface area contributed by atoms with Crippen molar-refractivity contribution in [3.05, 3.63) is 89.7 Å². The van der Waals surface area contributed by atoms with Crippen molar-refractivity contribution in [2.75, 3.05) is 39.1 Å². The van der Waals surface area contributed by atoms with Gasteiger partial charge < -0.3 is 24.5 Å². The molecule has 0 aliphatic carbocycles. The lowest BCUT2D eigenvalue weighted by molar-refractivity contribution is -0.165. The third-order valence-corrected chi connectivity index (χ3v) is 10.6. The first kappa shape index (κ1) is 31.3. The minimum absolute atomic E-state index is 0.00481. The summed E-state index contributed by atoms with van der Waals surface area (Å²) in [6.07, 6.45) is 8.49. The molecular formula is C37H36N6O5S. The fourth-order valence-corrected chi connectivity index (χ4v) is 8.13. The highest BCUT2D eigenvalue weighted by Crippen LogP contribution is 2.46. The van der Waals surface area contributed by atoms with Gasteiger partial charge >= 0.3 is 0 Å². The lowest BCUT2D eigenvalue weighted by atomic mass is 9.98. The molecule has 2 amide bonds. The fourth-order valence-electron chi connectivity index (χ4n) is 7.35. The molecule has 3 atom stereocenters. The zero-order chi connectivity index (χ0) is 33.7. The maximum atomic E-state index is 14.6. The molecule has 2 N–H and O–H groups in total. The Kier molecular flexibility index (Phi) is 8.00. The molecule has 3 saturated heterocycles. The van der Waals surface area contributed by atoms with Crippen molar-refractivity contribution in [1.82, 2.24) is 24.8 Å². The van der Waals surface area contributed by atoms with E-state index in [9.17, 15) is 9.59 Å². The van der Waals surface area contributed by atoms with Gasteiger partial charge in [0.05, 0.1) is 55.9 Å². The number of para-hydroxylation sites is 1. The van der Waals surface area contributed by atoms with Crippen molar-refractivity contribution in [2.24, 2.45) is 0 Å². The Morgan fingerprint density at radius 3 is 2.78 bits per heavy atom. The number of hydrogen-bond donors (Lipinski definition) is 1.